The second kappa shape index (κ2) is 10.3. The zero-order chi connectivity index (χ0) is 18.1. The third-order valence-electron chi connectivity index (χ3n) is 4.86. The van der Waals surface area contributed by atoms with Gasteiger partial charge in [0.05, 0.1) is 6.61 Å². The van der Waals surface area contributed by atoms with Crippen LogP contribution in [0.2, 0.25) is 0 Å². The molecule has 0 aliphatic carbocycles. The first-order chi connectivity index (χ1) is 12.2. The number of aldehydes is 1. The van der Waals surface area contributed by atoms with E-state index in [2.05, 4.69) is 16.8 Å². The van der Waals surface area contributed by atoms with Gasteiger partial charge in [0.1, 0.15) is 12.4 Å². The van der Waals surface area contributed by atoms with Crippen LogP contribution in [0.4, 0.5) is 0 Å². The molecule has 138 valence electrons. The molecule has 0 unspecified atom stereocenters. The average molecular weight is 348 g/mol. The Kier molecular flexibility index (Phi) is 8.04. The van der Waals surface area contributed by atoms with Gasteiger partial charge in [-0.15, -0.1) is 0 Å². The minimum Gasteiger partial charge on any atom is -0.464 e. The number of hydrogen-bond acceptors (Lipinski definition) is 6. The first kappa shape index (κ1) is 19.6. The van der Waals surface area contributed by atoms with Crippen LogP contribution in [-0.2, 0) is 22.6 Å². The molecule has 1 aliphatic rings. The van der Waals surface area contributed by atoms with Crippen LogP contribution in [0, 0.1) is 0 Å². The Hall–Kier alpha value is -1.76. The number of likely N-dealkylation sites (tertiary alicyclic amines) is 1. The first-order valence-electron chi connectivity index (χ1n) is 8.84. The monoisotopic (exact) mass is 348 g/mol. The van der Waals surface area contributed by atoms with E-state index in [9.17, 15) is 9.59 Å². The van der Waals surface area contributed by atoms with E-state index in [0.717, 1.165) is 69.4 Å². The van der Waals surface area contributed by atoms with Crippen molar-refractivity contribution in [1.82, 2.24) is 9.80 Å². The van der Waals surface area contributed by atoms with Crippen LogP contribution in [0.3, 0.4) is 0 Å². The normalized spacial score (nSPS) is 16.1. The molecule has 25 heavy (non-hydrogen) atoms. The zero-order valence-electron chi connectivity index (χ0n) is 14.9. The fourth-order valence-corrected chi connectivity index (χ4v) is 3.16. The quantitative estimate of drug-likeness (QED) is 0.639. The number of benzene rings is 1. The summed E-state index contributed by atoms with van der Waals surface area (Å²) in [5.74, 6) is 0. The van der Waals surface area contributed by atoms with Crippen LogP contribution in [0.25, 0.3) is 0 Å². The molecule has 1 N–H and O–H groups in total. The average Bonchev–Trinajstić information content (AvgIpc) is 2.65. The van der Waals surface area contributed by atoms with Gasteiger partial charge in [-0.25, -0.2) is 0 Å². The Morgan fingerprint density at radius 2 is 2.04 bits per heavy atom. The van der Waals surface area contributed by atoms with Gasteiger partial charge in [-0.05, 0) is 43.5 Å². The predicted octanol–water partition coefficient (Wildman–Crippen LogP) is 1.10. The van der Waals surface area contributed by atoms with Gasteiger partial charge >= 0.3 is 0 Å². The number of hydrogen-bond donors (Lipinski definition) is 1. The first-order valence-corrected chi connectivity index (χ1v) is 8.84. The van der Waals surface area contributed by atoms with Crippen molar-refractivity contribution >= 4 is 12.8 Å². The maximum atomic E-state index is 11.2. The molecule has 1 aromatic rings. The maximum Gasteiger partial charge on any atom is 0.293 e. The molecule has 6 heteroatoms. The highest BCUT2D eigenvalue weighted by molar-refractivity contribution is 5.77. The number of likely N-dealkylation sites (N-methyl/N-ethyl adjacent to an activating group) is 1. The molecule has 2 rings (SSSR count). The van der Waals surface area contributed by atoms with Gasteiger partial charge in [-0.3, -0.25) is 9.59 Å². The Morgan fingerprint density at radius 1 is 1.28 bits per heavy atom. The molecule has 1 heterocycles. The molecular formula is C19H28N2O4. The predicted molar refractivity (Wildman–Crippen MR) is 95.6 cm³/mol. The van der Waals surface area contributed by atoms with E-state index in [1.165, 1.54) is 0 Å². The van der Waals surface area contributed by atoms with E-state index in [0.29, 0.717) is 12.0 Å². The van der Waals surface area contributed by atoms with Crippen LogP contribution in [0.15, 0.2) is 18.2 Å². The van der Waals surface area contributed by atoms with Crippen molar-refractivity contribution in [3.05, 3.63) is 34.9 Å². The van der Waals surface area contributed by atoms with Crippen LogP contribution < -0.4 is 0 Å². The summed E-state index contributed by atoms with van der Waals surface area (Å²) in [5.41, 5.74) is 2.45. The van der Waals surface area contributed by atoms with Gasteiger partial charge in [0, 0.05) is 38.3 Å². The van der Waals surface area contributed by atoms with Crippen molar-refractivity contribution in [2.24, 2.45) is 0 Å². The number of piperidine rings is 1. The van der Waals surface area contributed by atoms with Crippen LogP contribution in [0.5, 0.6) is 0 Å². The summed E-state index contributed by atoms with van der Waals surface area (Å²) >= 11 is 0. The SMILES string of the molecule is CN(CCc1ccc(CO)cc1C=O)CCN1CCC(OC=O)CC1. The summed E-state index contributed by atoms with van der Waals surface area (Å²) in [6.07, 6.45) is 3.56. The zero-order valence-corrected chi connectivity index (χ0v) is 14.9. The van der Waals surface area contributed by atoms with Gasteiger partial charge in [0.25, 0.3) is 6.47 Å². The van der Waals surface area contributed by atoms with Gasteiger partial charge in [0.2, 0.25) is 0 Å². The van der Waals surface area contributed by atoms with E-state index in [-0.39, 0.29) is 12.7 Å². The fourth-order valence-electron chi connectivity index (χ4n) is 3.16. The van der Waals surface area contributed by atoms with E-state index < -0.39 is 0 Å². The highest BCUT2D eigenvalue weighted by Gasteiger charge is 2.19. The third kappa shape index (κ3) is 6.23. The van der Waals surface area contributed by atoms with Crippen molar-refractivity contribution < 1.29 is 19.4 Å². The lowest BCUT2D eigenvalue weighted by Gasteiger charge is -2.32. The lowest BCUT2D eigenvalue weighted by molar-refractivity contribution is -0.135. The van der Waals surface area contributed by atoms with Crippen molar-refractivity contribution in [3.63, 3.8) is 0 Å². The highest BCUT2D eigenvalue weighted by atomic mass is 16.5. The van der Waals surface area contributed by atoms with Crippen LogP contribution in [-0.4, -0.2) is 73.5 Å². The van der Waals surface area contributed by atoms with Crippen molar-refractivity contribution in [2.75, 3.05) is 39.8 Å². The number of ether oxygens (including phenoxy) is 1. The standard InChI is InChI=1S/C19H28N2O4/c1-20(10-11-21-8-5-19(6-9-21)25-15-24)7-4-17-3-2-16(13-22)12-18(17)14-23/h2-3,12,14-15,19,22H,4-11,13H2,1H3. The fraction of sp³-hybridized carbons (Fsp3) is 0.579. The minimum absolute atomic E-state index is 0.0460. The molecule has 0 atom stereocenters. The Morgan fingerprint density at radius 3 is 2.68 bits per heavy atom. The van der Waals surface area contributed by atoms with Crippen molar-refractivity contribution in [1.29, 1.82) is 0 Å². The summed E-state index contributed by atoms with van der Waals surface area (Å²) in [4.78, 5) is 26.2. The van der Waals surface area contributed by atoms with Gasteiger partial charge < -0.3 is 19.6 Å². The number of rotatable bonds is 10. The lowest BCUT2D eigenvalue weighted by Crippen LogP contribution is -2.41. The van der Waals surface area contributed by atoms with Crippen molar-refractivity contribution in [2.45, 2.75) is 32.0 Å². The number of carbonyl (C=O) groups excluding carboxylic acids is 2. The number of aliphatic hydroxyl groups is 1. The minimum atomic E-state index is -0.0460. The summed E-state index contributed by atoms with van der Waals surface area (Å²) in [6, 6.07) is 5.56. The smallest absolute Gasteiger partial charge is 0.293 e. The number of carbonyl (C=O) groups is 2. The molecule has 0 aromatic heterocycles. The molecule has 1 aromatic carbocycles. The van der Waals surface area contributed by atoms with Gasteiger partial charge in [0.15, 0.2) is 0 Å². The largest absolute Gasteiger partial charge is 0.464 e. The van der Waals surface area contributed by atoms with Crippen LogP contribution >= 0.6 is 0 Å². The van der Waals surface area contributed by atoms with Crippen LogP contribution in [0.1, 0.15) is 34.3 Å². The number of nitrogens with zero attached hydrogens (tertiary/aromatic N) is 2. The van der Waals surface area contributed by atoms with E-state index >= 15 is 0 Å². The van der Waals surface area contributed by atoms with Gasteiger partial charge in [-0.1, -0.05) is 12.1 Å². The second-order valence-electron chi connectivity index (χ2n) is 6.64. The summed E-state index contributed by atoms with van der Waals surface area (Å²) in [7, 11) is 2.09. The third-order valence-corrected chi connectivity index (χ3v) is 4.86. The number of aliphatic hydroxyl groups excluding tert-OH is 1. The molecule has 1 aliphatic heterocycles. The summed E-state index contributed by atoms with van der Waals surface area (Å²) in [5, 5.41) is 9.15. The van der Waals surface area contributed by atoms with Gasteiger partial charge in [-0.2, -0.15) is 0 Å². The maximum absolute atomic E-state index is 11.2. The molecule has 0 bridgehead atoms. The Balaban J connectivity index is 1.71. The molecule has 0 saturated carbocycles. The van der Waals surface area contributed by atoms with E-state index in [1.54, 1.807) is 6.07 Å². The van der Waals surface area contributed by atoms with E-state index in [1.807, 2.05) is 12.1 Å². The molecule has 1 saturated heterocycles. The second-order valence-corrected chi connectivity index (χ2v) is 6.64. The molecule has 0 amide bonds. The highest BCUT2D eigenvalue weighted by Crippen LogP contribution is 2.14. The molecule has 6 nitrogen and oxygen atoms in total. The molecule has 0 radical (unpaired) electrons. The molecule has 0 spiro atoms. The topological polar surface area (TPSA) is 70.1 Å². The van der Waals surface area contributed by atoms with Crippen molar-refractivity contribution in [3.8, 4) is 0 Å². The summed E-state index contributed by atoms with van der Waals surface area (Å²) < 4.78 is 5.02. The summed E-state index contributed by atoms with van der Waals surface area (Å²) in [6.45, 7) is 5.27. The Bertz CT molecular complexity index is 556. The molecule has 1 fully saturated rings. The Labute approximate surface area is 149 Å². The van der Waals surface area contributed by atoms with E-state index in [4.69, 9.17) is 9.84 Å². The lowest BCUT2D eigenvalue weighted by atomic mass is 10.0. The molecular weight excluding hydrogens is 320 g/mol.